The maximum absolute atomic E-state index is 13.4. The smallest absolute Gasteiger partial charge is 0.416 e. The molecule has 2 atom stereocenters. The van der Waals surface area contributed by atoms with Gasteiger partial charge in [0.1, 0.15) is 11.9 Å². The van der Waals surface area contributed by atoms with Gasteiger partial charge in [0, 0.05) is 27.8 Å². The molecule has 5 nitrogen and oxygen atoms in total. The lowest BCUT2D eigenvalue weighted by molar-refractivity contribution is -0.143. The summed E-state index contributed by atoms with van der Waals surface area (Å²) in [6, 6.07) is 9.08. The van der Waals surface area contributed by atoms with E-state index in [4.69, 9.17) is 26.1 Å². The van der Waals surface area contributed by atoms with E-state index in [2.05, 4.69) is 0 Å². The van der Waals surface area contributed by atoms with Crippen LogP contribution in [0.5, 0.6) is 5.75 Å². The van der Waals surface area contributed by atoms with Crippen LogP contribution in [0.2, 0.25) is 5.02 Å². The van der Waals surface area contributed by atoms with Gasteiger partial charge in [0.15, 0.2) is 0 Å². The Hall–Kier alpha value is -3.47. The number of ether oxygens (including phenoxy) is 2. The number of cyclic esters (lactones) is 1. The molecule has 3 aromatic rings. The summed E-state index contributed by atoms with van der Waals surface area (Å²) in [5, 5.41) is 0.404. The van der Waals surface area contributed by atoms with Crippen molar-refractivity contribution in [1.29, 1.82) is 0 Å². The van der Waals surface area contributed by atoms with Gasteiger partial charge < -0.3 is 9.47 Å². The van der Waals surface area contributed by atoms with Gasteiger partial charge in [-0.3, -0.25) is 9.88 Å². The van der Waals surface area contributed by atoms with Gasteiger partial charge in [-0.2, -0.15) is 26.3 Å². The van der Waals surface area contributed by atoms with Crippen LogP contribution in [-0.2, 0) is 23.6 Å². The van der Waals surface area contributed by atoms with Gasteiger partial charge in [-0.1, -0.05) is 17.7 Å². The molecule has 0 unspecified atom stereocenters. The fourth-order valence-corrected chi connectivity index (χ4v) is 5.01. The van der Waals surface area contributed by atoms with Gasteiger partial charge in [-0.05, 0) is 67.8 Å². The number of nitrogens with zero attached hydrogens (tertiary/aromatic N) is 2. The molecule has 0 N–H and O–H groups in total. The molecule has 1 aromatic heterocycles. The molecule has 0 spiro atoms. The average Bonchev–Trinajstić information content (AvgIpc) is 3.70. The number of alkyl halides is 6. The molecule has 1 amide bonds. The molecular formula is C28H23ClF6N2O3. The van der Waals surface area contributed by atoms with E-state index in [-0.39, 0.29) is 18.5 Å². The van der Waals surface area contributed by atoms with Crippen molar-refractivity contribution in [3.8, 4) is 16.9 Å². The number of rotatable bonds is 6. The zero-order valence-corrected chi connectivity index (χ0v) is 22.0. The normalized spacial score (nSPS) is 19.6. The van der Waals surface area contributed by atoms with Crippen molar-refractivity contribution < 1.29 is 40.6 Å². The largest absolute Gasteiger partial charge is 0.497 e. The molecule has 5 rings (SSSR count). The van der Waals surface area contributed by atoms with Gasteiger partial charge in [-0.25, -0.2) is 4.79 Å². The lowest BCUT2D eigenvalue weighted by atomic mass is 9.97. The molecule has 0 radical (unpaired) electrons. The number of carbonyl (C=O) groups excluding carboxylic acids is 1. The van der Waals surface area contributed by atoms with Crippen molar-refractivity contribution in [3.63, 3.8) is 0 Å². The van der Waals surface area contributed by atoms with Crippen LogP contribution < -0.4 is 4.74 Å². The highest BCUT2D eigenvalue weighted by molar-refractivity contribution is 6.33. The summed E-state index contributed by atoms with van der Waals surface area (Å²) in [5.74, 6) is 0.811. The molecule has 1 saturated heterocycles. The number of amides is 1. The number of methoxy groups -OCH3 is 1. The van der Waals surface area contributed by atoms with Crippen molar-refractivity contribution in [1.82, 2.24) is 9.88 Å². The molecular weight excluding hydrogens is 562 g/mol. The Balaban J connectivity index is 1.52. The number of halogens is 7. The van der Waals surface area contributed by atoms with E-state index in [1.807, 2.05) is 12.1 Å². The Morgan fingerprint density at radius 2 is 1.62 bits per heavy atom. The van der Waals surface area contributed by atoms with E-state index >= 15 is 0 Å². The van der Waals surface area contributed by atoms with E-state index < -0.39 is 47.3 Å². The summed E-state index contributed by atoms with van der Waals surface area (Å²) < 4.78 is 91.4. The number of carbonyl (C=O) groups is 1. The summed E-state index contributed by atoms with van der Waals surface area (Å²) in [6.45, 7) is 1.40. The quantitative estimate of drug-likeness (QED) is 0.273. The second-order valence-corrected chi connectivity index (χ2v) is 10.3. The minimum Gasteiger partial charge on any atom is -0.497 e. The fourth-order valence-electron chi connectivity index (χ4n) is 4.79. The first kappa shape index (κ1) is 28.1. The van der Waals surface area contributed by atoms with Gasteiger partial charge in [0.2, 0.25) is 0 Å². The maximum Gasteiger partial charge on any atom is 0.416 e. The van der Waals surface area contributed by atoms with Crippen LogP contribution in [-0.4, -0.2) is 29.1 Å². The average molecular weight is 585 g/mol. The summed E-state index contributed by atoms with van der Waals surface area (Å²) in [7, 11) is 1.50. The Morgan fingerprint density at radius 3 is 2.20 bits per heavy atom. The first-order chi connectivity index (χ1) is 18.8. The highest BCUT2D eigenvalue weighted by Gasteiger charge is 2.43. The van der Waals surface area contributed by atoms with Crippen LogP contribution in [0.3, 0.4) is 0 Å². The number of aromatic nitrogens is 1. The van der Waals surface area contributed by atoms with Crippen molar-refractivity contribution in [2.45, 2.75) is 56.7 Å². The van der Waals surface area contributed by atoms with Crippen molar-refractivity contribution in [2.24, 2.45) is 0 Å². The van der Waals surface area contributed by atoms with Crippen LogP contribution in [0.25, 0.3) is 11.1 Å². The first-order valence-corrected chi connectivity index (χ1v) is 12.7. The zero-order chi connectivity index (χ0) is 29.0. The third-order valence-electron chi connectivity index (χ3n) is 7.11. The Morgan fingerprint density at radius 1 is 0.975 bits per heavy atom. The first-order valence-electron chi connectivity index (χ1n) is 12.4. The van der Waals surface area contributed by atoms with Crippen LogP contribution in [0.4, 0.5) is 31.1 Å². The lowest BCUT2D eigenvalue weighted by Gasteiger charge is -2.23. The number of benzene rings is 2. The predicted molar refractivity (Wildman–Crippen MR) is 134 cm³/mol. The third-order valence-corrected chi connectivity index (χ3v) is 7.44. The Bertz CT molecular complexity index is 1420. The third kappa shape index (κ3) is 5.56. The molecule has 2 aliphatic rings. The molecule has 40 heavy (non-hydrogen) atoms. The summed E-state index contributed by atoms with van der Waals surface area (Å²) in [4.78, 5) is 19.0. The molecule has 1 saturated carbocycles. The SMILES string of the molecule is COc1ccc(Cl)c(-c2ccc(C3CC3)nc2CN2C(=O)O[C@H](c3cc(C(F)(F)F)cc(C(F)(F)F)c3)[C@@H]2C)c1. The van der Waals surface area contributed by atoms with Gasteiger partial charge in [-0.15, -0.1) is 0 Å². The molecule has 0 bridgehead atoms. The molecule has 2 fully saturated rings. The van der Waals surface area contributed by atoms with Crippen LogP contribution in [0.1, 0.15) is 59.9 Å². The standard InChI is InChI=1S/C28H23ClF6N2O3/c1-14-25(16-9-17(27(30,31)32)11-18(10-16)28(33,34)35)40-26(38)37(14)13-24-20(6-8-23(36-24)15-3-4-15)21-12-19(39-2)5-7-22(21)29/h5-12,14-15,25H,3-4,13H2,1-2H3/t14-,25-/m0/s1. The number of hydrogen-bond acceptors (Lipinski definition) is 4. The minimum atomic E-state index is -5.03. The molecule has 1 aliphatic carbocycles. The Labute approximate surface area is 230 Å². The highest BCUT2D eigenvalue weighted by Crippen LogP contribution is 2.43. The van der Waals surface area contributed by atoms with Crippen LogP contribution >= 0.6 is 11.6 Å². The molecule has 212 valence electrons. The molecule has 1 aliphatic heterocycles. The van der Waals surface area contributed by atoms with Crippen molar-refractivity contribution in [2.75, 3.05) is 7.11 Å². The molecule has 2 aromatic carbocycles. The minimum absolute atomic E-state index is 0.0418. The fraction of sp³-hybridized carbons (Fsp3) is 0.357. The van der Waals surface area contributed by atoms with Crippen molar-refractivity contribution in [3.05, 3.63) is 81.6 Å². The highest BCUT2D eigenvalue weighted by atomic mass is 35.5. The monoisotopic (exact) mass is 584 g/mol. The summed E-state index contributed by atoms with van der Waals surface area (Å²) in [6.07, 6.45) is -10.4. The number of hydrogen-bond donors (Lipinski definition) is 0. The predicted octanol–water partition coefficient (Wildman–Crippen LogP) is 8.41. The van der Waals surface area contributed by atoms with E-state index in [9.17, 15) is 31.1 Å². The zero-order valence-electron chi connectivity index (χ0n) is 21.2. The second-order valence-electron chi connectivity index (χ2n) is 9.86. The van der Waals surface area contributed by atoms with Crippen LogP contribution in [0, 0.1) is 0 Å². The molecule has 2 heterocycles. The summed E-state index contributed by atoms with van der Waals surface area (Å²) >= 11 is 6.48. The van der Waals surface area contributed by atoms with Gasteiger partial charge >= 0.3 is 18.4 Å². The van der Waals surface area contributed by atoms with E-state index in [0.717, 1.165) is 18.5 Å². The molecule has 12 heteroatoms. The number of pyridine rings is 1. The Kier molecular flexibility index (Phi) is 7.14. The van der Waals surface area contributed by atoms with E-state index in [1.165, 1.54) is 18.9 Å². The van der Waals surface area contributed by atoms with E-state index in [0.29, 0.717) is 39.7 Å². The summed E-state index contributed by atoms with van der Waals surface area (Å²) in [5.41, 5.74) is -0.876. The maximum atomic E-state index is 13.4. The lowest BCUT2D eigenvalue weighted by Crippen LogP contribution is -2.32. The van der Waals surface area contributed by atoms with Crippen molar-refractivity contribution >= 4 is 17.7 Å². The van der Waals surface area contributed by atoms with E-state index in [1.54, 1.807) is 18.2 Å². The second kappa shape index (κ2) is 10.2. The van der Waals surface area contributed by atoms with Gasteiger partial charge in [0.25, 0.3) is 0 Å². The van der Waals surface area contributed by atoms with Crippen LogP contribution in [0.15, 0.2) is 48.5 Å². The topological polar surface area (TPSA) is 51.7 Å². The van der Waals surface area contributed by atoms with Gasteiger partial charge in [0.05, 0.1) is 36.5 Å².